The minimum atomic E-state index is -0.366. The topological polar surface area (TPSA) is 95.3 Å². The summed E-state index contributed by atoms with van der Waals surface area (Å²) < 4.78 is 17.8. The average Bonchev–Trinajstić information content (AvgIpc) is 3.37. The van der Waals surface area contributed by atoms with Gasteiger partial charge in [-0.05, 0) is 31.4 Å². The second kappa shape index (κ2) is 6.94. The van der Waals surface area contributed by atoms with Gasteiger partial charge in [0, 0.05) is 18.9 Å². The van der Waals surface area contributed by atoms with E-state index in [0.29, 0.717) is 23.8 Å². The first-order valence-electron chi connectivity index (χ1n) is 8.24. The third-order valence-corrected chi connectivity index (χ3v) is 4.06. The van der Waals surface area contributed by atoms with Crippen molar-refractivity contribution in [2.45, 2.75) is 31.9 Å². The molecule has 0 bridgehead atoms. The Labute approximate surface area is 143 Å². The second-order valence-electron chi connectivity index (χ2n) is 5.95. The fraction of sp³-hybridized carbons (Fsp3) is 0.353. The van der Waals surface area contributed by atoms with Gasteiger partial charge in [0.15, 0.2) is 11.5 Å². The van der Waals surface area contributed by atoms with Crippen molar-refractivity contribution >= 4 is 11.6 Å². The molecule has 4 heterocycles. The molecule has 0 radical (unpaired) electrons. The molecule has 1 atom stereocenters. The minimum Gasteiger partial charge on any atom is -0.461 e. The fourth-order valence-corrected chi connectivity index (χ4v) is 2.80. The summed E-state index contributed by atoms with van der Waals surface area (Å²) in [6, 6.07) is 5.01. The van der Waals surface area contributed by atoms with Crippen molar-refractivity contribution in [1.29, 1.82) is 0 Å². The Morgan fingerprint density at radius 1 is 1.36 bits per heavy atom. The van der Waals surface area contributed by atoms with Gasteiger partial charge in [-0.3, -0.25) is 9.48 Å². The molecule has 0 aliphatic carbocycles. The predicted molar refractivity (Wildman–Crippen MR) is 88.0 cm³/mol. The minimum absolute atomic E-state index is 0.176. The van der Waals surface area contributed by atoms with Crippen LogP contribution in [0.2, 0.25) is 0 Å². The first kappa shape index (κ1) is 15.6. The molecular weight excluding hydrogens is 324 g/mol. The average molecular weight is 342 g/mol. The van der Waals surface area contributed by atoms with Crippen LogP contribution >= 0.6 is 0 Å². The number of hydrogen-bond acceptors (Lipinski definition) is 6. The Hall–Kier alpha value is -2.87. The van der Waals surface area contributed by atoms with E-state index in [4.69, 9.17) is 13.7 Å². The van der Waals surface area contributed by atoms with Crippen LogP contribution < -0.4 is 5.32 Å². The van der Waals surface area contributed by atoms with Gasteiger partial charge in [-0.15, -0.1) is 0 Å². The van der Waals surface area contributed by atoms with Gasteiger partial charge >= 0.3 is 0 Å². The van der Waals surface area contributed by atoms with Gasteiger partial charge < -0.3 is 19.0 Å². The van der Waals surface area contributed by atoms with Crippen LogP contribution in [0.3, 0.4) is 0 Å². The van der Waals surface area contributed by atoms with Crippen molar-refractivity contribution in [3.8, 4) is 11.5 Å². The zero-order valence-electron chi connectivity index (χ0n) is 13.6. The van der Waals surface area contributed by atoms with Gasteiger partial charge in [-0.2, -0.15) is 5.10 Å². The Bertz CT molecular complexity index is 831. The van der Waals surface area contributed by atoms with Gasteiger partial charge in [-0.1, -0.05) is 5.16 Å². The summed E-state index contributed by atoms with van der Waals surface area (Å²) >= 11 is 0. The normalized spacial score (nSPS) is 17.5. The third-order valence-electron chi connectivity index (χ3n) is 4.06. The number of aromatic nitrogens is 3. The Kier molecular flexibility index (Phi) is 4.34. The van der Waals surface area contributed by atoms with Crippen LogP contribution in [0, 0.1) is 0 Å². The number of hydrogen-bond donors (Lipinski definition) is 1. The molecule has 25 heavy (non-hydrogen) atoms. The van der Waals surface area contributed by atoms with Crippen molar-refractivity contribution in [2.75, 3.05) is 11.9 Å². The molecule has 4 rings (SSSR count). The largest absolute Gasteiger partial charge is 0.461 e. The Balaban J connectivity index is 1.38. The maximum absolute atomic E-state index is 12.3. The van der Waals surface area contributed by atoms with Crippen molar-refractivity contribution in [1.82, 2.24) is 14.9 Å². The van der Waals surface area contributed by atoms with Gasteiger partial charge in [-0.25, -0.2) is 0 Å². The number of nitrogens with one attached hydrogen (secondary N) is 1. The molecule has 8 heteroatoms. The zero-order valence-corrected chi connectivity index (χ0v) is 13.6. The lowest BCUT2D eigenvalue weighted by molar-refractivity contribution is 0.00400. The van der Waals surface area contributed by atoms with Crippen LogP contribution in [0.15, 0.2) is 45.8 Å². The Morgan fingerprint density at radius 3 is 3.12 bits per heavy atom. The van der Waals surface area contributed by atoms with Crippen LogP contribution in [-0.4, -0.2) is 33.6 Å². The number of amides is 1. The molecule has 3 aromatic rings. The van der Waals surface area contributed by atoms with E-state index in [2.05, 4.69) is 15.6 Å². The molecule has 0 spiro atoms. The third kappa shape index (κ3) is 3.63. The molecule has 130 valence electrons. The van der Waals surface area contributed by atoms with Gasteiger partial charge in [0.1, 0.15) is 0 Å². The molecule has 1 N–H and O–H groups in total. The molecule has 1 aliphatic rings. The summed E-state index contributed by atoms with van der Waals surface area (Å²) in [6.07, 6.45) is 8.44. The van der Waals surface area contributed by atoms with Crippen molar-refractivity contribution in [3.05, 3.63) is 42.5 Å². The lowest BCUT2D eigenvalue weighted by atomic mass is 10.1. The van der Waals surface area contributed by atoms with E-state index < -0.39 is 0 Å². The van der Waals surface area contributed by atoms with E-state index in [1.165, 1.54) is 18.8 Å². The summed E-state index contributed by atoms with van der Waals surface area (Å²) in [7, 11) is 0. The molecule has 1 fully saturated rings. The highest BCUT2D eigenvalue weighted by Gasteiger charge is 2.17. The summed E-state index contributed by atoms with van der Waals surface area (Å²) in [6.45, 7) is 1.49. The molecule has 3 aromatic heterocycles. The van der Waals surface area contributed by atoms with Gasteiger partial charge in [0.05, 0.1) is 30.8 Å². The quantitative estimate of drug-likeness (QED) is 0.766. The molecule has 1 aliphatic heterocycles. The molecular formula is C17H18N4O4. The van der Waals surface area contributed by atoms with Gasteiger partial charge in [0.25, 0.3) is 5.91 Å². The number of rotatable bonds is 5. The number of anilines is 1. The standard InChI is InChI=1S/C17H18N4O4/c22-17(14-8-16(25-20-14)15-5-3-7-24-15)19-12-9-18-21(10-12)11-13-4-1-2-6-23-13/h3,5,7-10,13H,1-2,4,6,11H2,(H,19,22)/t13-/m0/s1. The molecule has 0 saturated carbocycles. The number of carbonyl (C=O) groups is 1. The molecule has 8 nitrogen and oxygen atoms in total. The lowest BCUT2D eigenvalue weighted by Gasteiger charge is -2.22. The molecule has 0 aromatic carbocycles. The summed E-state index contributed by atoms with van der Waals surface area (Å²) in [5, 5.41) is 10.8. The first-order chi connectivity index (χ1) is 12.3. The number of ether oxygens (including phenoxy) is 1. The summed E-state index contributed by atoms with van der Waals surface area (Å²) in [5.74, 6) is 0.558. The van der Waals surface area contributed by atoms with E-state index in [1.54, 1.807) is 29.2 Å². The zero-order chi connectivity index (χ0) is 17.1. The van der Waals surface area contributed by atoms with Crippen molar-refractivity contribution in [2.24, 2.45) is 0 Å². The SMILES string of the molecule is O=C(Nc1cnn(C[C@@H]2CCCCO2)c1)c1cc(-c2ccco2)on1. The highest BCUT2D eigenvalue weighted by Crippen LogP contribution is 2.21. The van der Waals surface area contributed by atoms with E-state index in [-0.39, 0.29) is 17.7 Å². The maximum Gasteiger partial charge on any atom is 0.277 e. The summed E-state index contributed by atoms with van der Waals surface area (Å²) in [4.78, 5) is 12.3. The number of nitrogens with zero attached hydrogens (tertiary/aromatic N) is 3. The highest BCUT2D eigenvalue weighted by molar-refractivity contribution is 6.03. The van der Waals surface area contributed by atoms with Gasteiger partial charge in [0.2, 0.25) is 5.76 Å². The fourth-order valence-electron chi connectivity index (χ4n) is 2.80. The Morgan fingerprint density at radius 2 is 2.32 bits per heavy atom. The second-order valence-corrected chi connectivity index (χ2v) is 5.95. The van der Waals surface area contributed by atoms with E-state index in [0.717, 1.165) is 19.4 Å². The summed E-state index contributed by atoms with van der Waals surface area (Å²) in [5.41, 5.74) is 0.776. The van der Waals surface area contributed by atoms with Crippen molar-refractivity contribution < 1.29 is 18.5 Å². The smallest absolute Gasteiger partial charge is 0.277 e. The first-order valence-corrected chi connectivity index (χ1v) is 8.24. The van der Waals surface area contributed by atoms with Crippen LogP contribution in [0.5, 0.6) is 0 Å². The molecule has 0 unspecified atom stereocenters. The maximum atomic E-state index is 12.3. The van der Waals surface area contributed by atoms with E-state index in [9.17, 15) is 4.79 Å². The van der Waals surface area contributed by atoms with E-state index in [1.807, 2.05) is 0 Å². The predicted octanol–water partition coefficient (Wildman–Crippen LogP) is 2.95. The molecule has 1 amide bonds. The molecule has 1 saturated heterocycles. The monoisotopic (exact) mass is 342 g/mol. The number of carbonyl (C=O) groups excluding carboxylic acids is 1. The highest BCUT2D eigenvalue weighted by atomic mass is 16.5. The van der Waals surface area contributed by atoms with Crippen LogP contribution in [0.4, 0.5) is 5.69 Å². The lowest BCUT2D eigenvalue weighted by Crippen LogP contribution is -2.24. The van der Waals surface area contributed by atoms with Crippen LogP contribution in [-0.2, 0) is 11.3 Å². The van der Waals surface area contributed by atoms with Crippen molar-refractivity contribution in [3.63, 3.8) is 0 Å². The number of furan rings is 1. The van der Waals surface area contributed by atoms with Crippen LogP contribution in [0.1, 0.15) is 29.8 Å². The van der Waals surface area contributed by atoms with Crippen LogP contribution in [0.25, 0.3) is 11.5 Å². The van der Waals surface area contributed by atoms with E-state index >= 15 is 0 Å².